The Labute approximate surface area is 102 Å². The molecule has 2 rings (SSSR count). The van der Waals surface area contributed by atoms with Crippen molar-refractivity contribution in [3.63, 3.8) is 0 Å². The number of nitrogens with two attached hydrogens (primary N) is 1. The van der Waals surface area contributed by atoms with Gasteiger partial charge in [0.05, 0.1) is 5.92 Å². The second-order valence-corrected chi connectivity index (χ2v) is 4.24. The van der Waals surface area contributed by atoms with E-state index >= 15 is 0 Å². The number of alkyl halides is 3. The highest BCUT2D eigenvalue weighted by Gasteiger charge is 2.44. The molecule has 0 aliphatic carbocycles. The van der Waals surface area contributed by atoms with Crippen LogP contribution < -0.4 is 10.6 Å². The van der Waals surface area contributed by atoms with Crippen molar-refractivity contribution in [2.24, 2.45) is 5.92 Å². The maximum absolute atomic E-state index is 12.6. The van der Waals surface area contributed by atoms with E-state index in [0.29, 0.717) is 12.2 Å². The lowest BCUT2D eigenvalue weighted by Gasteiger charge is -2.18. The van der Waals surface area contributed by atoms with Crippen molar-refractivity contribution in [3.8, 4) is 0 Å². The summed E-state index contributed by atoms with van der Waals surface area (Å²) in [6.45, 7) is 2.02. The molecule has 1 saturated heterocycles. The Bertz CT molecular complexity index is 434. The van der Waals surface area contributed by atoms with E-state index in [1.54, 1.807) is 0 Å². The zero-order valence-corrected chi connectivity index (χ0v) is 9.91. The number of nitrogen functional groups attached to an aromatic ring is 1. The molecule has 1 aliphatic heterocycles. The molecule has 2 heterocycles. The fraction of sp³-hybridized carbons (Fsp3) is 0.700. The standard InChI is InChI=1S/C10H14F3N5/c1-2-7-15-8(14)17-9(16-7)18-4-3-6(5-18)10(11,12)13/h6H,2-5H2,1H3,(H2,14,15,16,17). The van der Waals surface area contributed by atoms with Crippen molar-refractivity contribution in [2.45, 2.75) is 25.9 Å². The molecule has 0 radical (unpaired) electrons. The molecule has 1 unspecified atom stereocenters. The molecule has 1 fully saturated rings. The number of hydrogen-bond donors (Lipinski definition) is 1. The molecule has 18 heavy (non-hydrogen) atoms. The van der Waals surface area contributed by atoms with Gasteiger partial charge >= 0.3 is 6.18 Å². The number of hydrogen-bond acceptors (Lipinski definition) is 5. The summed E-state index contributed by atoms with van der Waals surface area (Å²) in [5.41, 5.74) is 5.51. The maximum atomic E-state index is 12.6. The minimum Gasteiger partial charge on any atom is -0.368 e. The van der Waals surface area contributed by atoms with Crippen LogP contribution in [0, 0.1) is 5.92 Å². The van der Waals surface area contributed by atoms with E-state index < -0.39 is 12.1 Å². The van der Waals surface area contributed by atoms with Gasteiger partial charge in [-0.3, -0.25) is 0 Å². The van der Waals surface area contributed by atoms with Crippen molar-refractivity contribution in [2.75, 3.05) is 23.7 Å². The zero-order valence-electron chi connectivity index (χ0n) is 9.91. The van der Waals surface area contributed by atoms with Crippen LogP contribution in [-0.2, 0) is 6.42 Å². The van der Waals surface area contributed by atoms with Gasteiger partial charge in [-0.05, 0) is 6.42 Å². The van der Waals surface area contributed by atoms with Gasteiger partial charge in [-0.15, -0.1) is 0 Å². The lowest BCUT2D eigenvalue weighted by Crippen LogP contribution is -2.28. The Morgan fingerprint density at radius 3 is 2.61 bits per heavy atom. The van der Waals surface area contributed by atoms with Crippen LogP contribution in [0.2, 0.25) is 0 Å². The van der Waals surface area contributed by atoms with E-state index in [1.807, 2.05) is 6.92 Å². The number of halogens is 3. The van der Waals surface area contributed by atoms with Crippen LogP contribution in [0.4, 0.5) is 25.1 Å². The Morgan fingerprint density at radius 2 is 2.06 bits per heavy atom. The molecule has 5 nitrogen and oxygen atoms in total. The summed E-state index contributed by atoms with van der Waals surface area (Å²) in [5, 5.41) is 0. The maximum Gasteiger partial charge on any atom is 0.393 e. The molecule has 2 N–H and O–H groups in total. The van der Waals surface area contributed by atoms with E-state index in [0.717, 1.165) is 0 Å². The first kappa shape index (κ1) is 12.8. The van der Waals surface area contributed by atoms with Crippen molar-refractivity contribution < 1.29 is 13.2 Å². The molecular weight excluding hydrogens is 247 g/mol. The van der Waals surface area contributed by atoms with Crippen LogP contribution in [0.5, 0.6) is 0 Å². The van der Waals surface area contributed by atoms with Crippen LogP contribution in [-0.4, -0.2) is 34.2 Å². The van der Waals surface area contributed by atoms with Crippen molar-refractivity contribution >= 4 is 11.9 Å². The third-order valence-electron chi connectivity index (χ3n) is 2.94. The van der Waals surface area contributed by atoms with Crippen LogP contribution >= 0.6 is 0 Å². The van der Waals surface area contributed by atoms with E-state index in [1.165, 1.54) is 4.90 Å². The minimum absolute atomic E-state index is 0.0484. The van der Waals surface area contributed by atoms with E-state index in [4.69, 9.17) is 5.73 Å². The minimum atomic E-state index is -4.17. The molecule has 100 valence electrons. The molecule has 8 heteroatoms. The first-order chi connectivity index (χ1) is 8.40. The van der Waals surface area contributed by atoms with Gasteiger partial charge in [-0.1, -0.05) is 6.92 Å². The fourth-order valence-corrected chi connectivity index (χ4v) is 1.93. The third kappa shape index (κ3) is 2.62. The monoisotopic (exact) mass is 261 g/mol. The molecule has 1 aromatic heterocycles. The summed E-state index contributed by atoms with van der Waals surface area (Å²) >= 11 is 0. The molecule has 0 bridgehead atoms. The predicted molar refractivity (Wildman–Crippen MR) is 60.0 cm³/mol. The summed E-state index contributed by atoms with van der Waals surface area (Å²) in [4.78, 5) is 13.4. The zero-order chi connectivity index (χ0) is 13.3. The van der Waals surface area contributed by atoms with Crippen molar-refractivity contribution in [1.29, 1.82) is 0 Å². The second kappa shape index (κ2) is 4.58. The summed E-state index contributed by atoms with van der Waals surface area (Å²) in [6, 6.07) is 0. The lowest BCUT2D eigenvalue weighted by atomic mass is 10.1. The predicted octanol–water partition coefficient (Wildman–Crippen LogP) is 1.40. The van der Waals surface area contributed by atoms with Gasteiger partial charge in [0.15, 0.2) is 0 Å². The number of nitrogens with zero attached hydrogens (tertiary/aromatic N) is 4. The number of aryl methyl sites for hydroxylation is 1. The van der Waals surface area contributed by atoms with Crippen LogP contribution in [0.25, 0.3) is 0 Å². The normalized spacial score (nSPS) is 20.4. The van der Waals surface area contributed by atoms with Crippen LogP contribution in [0.15, 0.2) is 0 Å². The lowest BCUT2D eigenvalue weighted by molar-refractivity contribution is -0.168. The van der Waals surface area contributed by atoms with Gasteiger partial charge in [0.1, 0.15) is 5.82 Å². The molecule has 0 aromatic carbocycles. The van der Waals surface area contributed by atoms with E-state index in [-0.39, 0.29) is 31.4 Å². The largest absolute Gasteiger partial charge is 0.393 e. The number of aromatic nitrogens is 3. The average Bonchev–Trinajstić information content (AvgIpc) is 2.77. The van der Waals surface area contributed by atoms with Crippen molar-refractivity contribution in [1.82, 2.24) is 15.0 Å². The summed E-state index contributed by atoms with van der Waals surface area (Å²) in [7, 11) is 0. The summed E-state index contributed by atoms with van der Waals surface area (Å²) in [5.74, 6) is -0.535. The van der Waals surface area contributed by atoms with E-state index in [9.17, 15) is 13.2 Å². The number of rotatable bonds is 2. The second-order valence-electron chi connectivity index (χ2n) is 4.24. The van der Waals surface area contributed by atoms with Gasteiger partial charge < -0.3 is 10.6 Å². The van der Waals surface area contributed by atoms with Crippen LogP contribution in [0.3, 0.4) is 0 Å². The van der Waals surface area contributed by atoms with Gasteiger partial charge in [0.25, 0.3) is 0 Å². The molecule has 1 aromatic rings. The van der Waals surface area contributed by atoms with Gasteiger partial charge in [-0.25, -0.2) is 0 Å². The highest BCUT2D eigenvalue weighted by molar-refractivity contribution is 5.36. The Kier molecular flexibility index (Phi) is 3.27. The Hall–Kier alpha value is -1.60. The Balaban J connectivity index is 2.16. The fourth-order valence-electron chi connectivity index (χ4n) is 1.93. The van der Waals surface area contributed by atoms with Crippen molar-refractivity contribution in [3.05, 3.63) is 5.82 Å². The van der Waals surface area contributed by atoms with Gasteiger partial charge in [0, 0.05) is 19.5 Å². The molecule has 0 amide bonds. The van der Waals surface area contributed by atoms with Crippen LogP contribution in [0.1, 0.15) is 19.2 Å². The first-order valence-corrected chi connectivity index (χ1v) is 5.72. The molecule has 0 spiro atoms. The summed E-state index contributed by atoms with van der Waals surface area (Å²) in [6.07, 6.45) is -3.53. The SMILES string of the molecule is CCc1nc(N)nc(N2CCC(C(F)(F)F)C2)n1. The smallest absolute Gasteiger partial charge is 0.368 e. The molecular formula is C10H14F3N5. The molecule has 1 aliphatic rings. The number of anilines is 2. The van der Waals surface area contributed by atoms with Gasteiger partial charge in [-0.2, -0.15) is 28.1 Å². The van der Waals surface area contributed by atoms with E-state index in [2.05, 4.69) is 15.0 Å². The topological polar surface area (TPSA) is 67.9 Å². The average molecular weight is 261 g/mol. The quantitative estimate of drug-likeness (QED) is 0.871. The molecule has 0 saturated carbocycles. The molecule has 1 atom stereocenters. The summed E-state index contributed by atoms with van der Waals surface area (Å²) < 4.78 is 37.7. The Morgan fingerprint density at radius 1 is 1.33 bits per heavy atom. The van der Waals surface area contributed by atoms with Gasteiger partial charge in [0.2, 0.25) is 11.9 Å². The highest BCUT2D eigenvalue weighted by atomic mass is 19.4. The highest BCUT2D eigenvalue weighted by Crippen LogP contribution is 2.34. The first-order valence-electron chi connectivity index (χ1n) is 5.72. The third-order valence-corrected chi connectivity index (χ3v) is 2.94.